The highest BCUT2D eigenvalue weighted by Crippen LogP contribution is 2.31. The van der Waals surface area contributed by atoms with Crippen LogP contribution >= 0.6 is 11.3 Å². The van der Waals surface area contributed by atoms with Crippen molar-refractivity contribution >= 4 is 17.6 Å². The van der Waals surface area contributed by atoms with E-state index in [2.05, 4.69) is 9.98 Å². The maximum absolute atomic E-state index is 10.1. The van der Waals surface area contributed by atoms with Crippen molar-refractivity contribution < 1.29 is 9.84 Å². The van der Waals surface area contributed by atoms with Crippen molar-refractivity contribution in [3.63, 3.8) is 0 Å². The Labute approximate surface area is 92.0 Å². The van der Waals surface area contributed by atoms with Crippen molar-refractivity contribution in [3.8, 4) is 0 Å². The summed E-state index contributed by atoms with van der Waals surface area (Å²) in [6, 6.07) is 0. The van der Waals surface area contributed by atoms with Crippen molar-refractivity contribution in [1.82, 2.24) is 4.98 Å². The molecule has 0 aliphatic carbocycles. The first-order valence-corrected chi connectivity index (χ1v) is 5.55. The molecule has 0 spiro atoms. The van der Waals surface area contributed by atoms with Crippen molar-refractivity contribution in [2.24, 2.45) is 4.99 Å². The van der Waals surface area contributed by atoms with Crippen LogP contribution in [-0.2, 0) is 10.5 Å². The minimum Gasteiger partial charge on any atom is -0.490 e. The molecule has 15 heavy (non-hydrogen) atoms. The van der Waals surface area contributed by atoms with Gasteiger partial charge in [0.15, 0.2) is 5.01 Å². The molecule has 2 heterocycles. The number of hydrogen-bond acceptors (Lipinski definition) is 5. The first kappa shape index (κ1) is 10.3. The first-order chi connectivity index (χ1) is 7.10. The zero-order valence-corrected chi connectivity index (χ0v) is 9.36. The molecule has 0 radical (unpaired) electrons. The van der Waals surface area contributed by atoms with E-state index in [9.17, 15) is 5.11 Å². The molecule has 0 saturated heterocycles. The molecule has 5 heteroatoms. The molecule has 80 valence electrons. The van der Waals surface area contributed by atoms with Gasteiger partial charge in [-0.25, -0.2) is 9.98 Å². The Kier molecular flexibility index (Phi) is 2.58. The number of rotatable bonds is 3. The van der Waals surface area contributed by atoms with Gasteiger partial charge in [0, 0.05) is 17.7 Å². The molecule has 0 bridgehead atoms. The normalized spacial score (nSPS) is 24.7. The molecule has 4 nitrogen and oxygen atoms in total. The van der Waals surface area contributed by atoms with Crippen LogP contribution < -0.4 is 0 Å². The lowest BCUT2D eigenvalue weighted by atomic mass is 10.2. The van der Waals surface area contributed by atoms with Gasteiger partial charge < -0.3 is 9.84 Å². The van der Waals surface area contributed by atoms with E-state index in [1.54, 1.807) is 17.7 Å². The predicted octanol–water partition coefficient (Wildman–Crippen LogP) is 1.68. The van der Waals surface area contributed by atoms with E-state index in [0.29, 0.717) is 10.8 Å². The van der Waals surface area contributed by atoms with E-state index in [1.165, 1.54) is 17.6 Å². The van der Waals surface area contributed by atoms with E-state index in [1.807, 2.05) is 13.8 Å². The summed E-state index contributed by atoms with van der Waals surface area (Å²) in [5.74, 6) is 0.586. The van der Waals surface area contributed by atoms with Gasteiger partial charge in [0.05, 0.1) is 12.3 Å². The molecular weight excluding hydrogens is 212 g/mol. The van der Waals surface area contributed by atoms with Crippen LogP contribution in [0.1, 0.15) is 18.9 Å². The number of thiazole rings is 1. The van der Waals surface area contributed by atoms with Gasteiger partial charge in [0.1, 0.15) is 5.76 Å². The number of aromatic nitrogens is 1. The maximum atomic E-state index is 10.1. The summed E-state index contributed by atoms with van der Waals surface area (Å²) in [7, 11) is 0. The SMILES string of the molecule is CC(C)OC1=CC(O)(c2nccs2)N=C1. The molecule has 2 rings (SSSR count). The Morgan fingerprint density at radius 3 is 2.93 bits per heavy atom. The summed E-state index contributed by atoms with van der Waals surface area (Å²) < 4.78 is 5.43. The molecule has 1 aromatic heterocycles. The van der Waals surface area contributed by atoms with Crippen LogP contribution in [0.15, 0.2) is 28.4 Å². The van der Waals surface area contributed by atoms with Crippen LogP contribution in [0.2, 0.25) is 0 Å². The lowest BCUT2D eigenvalue weighted by Gasteiger charge is -2.12. The third kappa shape index (κ3) is 2.08. The zero-order valence-electron chi connectivity index (χ0n) is 8.54. The van der Waals surface area contributed by atoms with Crippen LogP contribution in [0.25, 0.3) is 0 Å². The van der Waals surface area contributed by atoms with Crippen LogP contribution in [-0.4, -0.2) is 22.4 Å². The minimum absolute atomic E-state index is 0.0707. The lowest BCUT2D eigenvalue weighted by molar-refractivity contribution is 0.0973. The van der Waals surface area contributed by atoms with Crippen molar-refractivity contribution in [2.45, 2.75) is 25.7 Å². The second-order valence-electron chi connectivity index (χ2n) is 3.53. The van der Waals surface area contributed by atoms with Crippen LogP contribution in [0, 0.1) is 0 Å². The molecule has 1 unspecified atom stereocenters. The average molecular weight is 224 g/mol. The highest BCUT2D eigenvalue weighted by Gasteiger charge is 2.33. The van der Waals surface area contributed by atoms with Gasteiger partial charge in [0.2, 0.25) is 5.72 Å². The van der Waals surface area contributed by atoms with Crippen LogP contribution in [0.5, 0.6) is 0 Å². The highest BCUT2D eigenvalue weighted by molar-refractivity contribution is 7.09. The summed E-state index contributed by atoms with van der Waals surface area (Å²) >= 11 is 1.36. The molecule has 1 aromatic rings. The smallest absolute Gasteiger partial charge is 0.232 e. The molecule has 1 N–H and O–H groups in total. The maximum Gasteiger partial charge on any atom is 0.232 e. The first-order valence-electron chi connectivity index (χ1n) is 4.67. The molecule has 0 amide bonds. The Hall–Kier alpha value is -1.20. The Bertz CT molecular complexity index is 398. The second-order valence-corrected chi connectivity index (χ2v) is 4.43. The van der Waals surface area contributed by atoms with Gasteiger partial charge in [-0.05, 0) is 13.8 Å². The van der Waals surface area contributed by atoms with Crippen molar-refractivity contribution in [3.05, 3.63) is 28.4 Å². The largest absolute Gasteiger partial charge is 0.490 e. The highest BCUT2D eigenvalue weighted by atomic mass is 32.1. The fourth-order valence-electron chi connectivity index (χ4n) is 1.29. The Balaban J connectivity index is 2.21. The third-order valence-corrected chi connectivity index (χ3v) is 2.74. The number of aliphatic imine (C=N–C) groups is 1. The van der Waals surface area contributed by atoms with Crippen LogP contribution in [0.4, 0.5) is 0 Å². The van der Waals surface area contributed by atoms with E-state index in [4.69, 9.17) is 4.74 Å². The number of ether oxygens (including phenoxy) is 1. The lowest BCUT2D eigenvalue weighted by Crippen LogP contribution is -2.17. The number of aliphatic hydroxyl groups is 1. The quantitative estimate of drug-likeness (QED) is 0.849. The van der Waals surface area contributed by atoms with E-state index < -0.39 is 5.72 Å². The average Bonchev–Trinajstić information content (AvgIpc) is 2.74. The molecule has 1 aliphatic rings. The molecule has 0 fully saturated rings. The fraction of sp³-hybridized carbons (Fsp3) is 0.400. The molecule has 0 aromatic carbocycles. The van der Waals surface area contributed by atoms with Gasteiger partial charge in [-0.15, -0.1) is 11.3 Å². The minimum atomic E-state index is -1.33. The van der Waals surface area contributed by atoms with Gasteiger partial charge in [-0.1, -0.05) is 0 Å². The van der Waals surface area contributed by atoms with Crippen molar-refractivity contribution in [2.75, 3.05) is 0 Å². The number of allylic oxidation sites excluding steroid dienone is 1. The summed E-state index contributed by atoms with van der Waals surface area (Å²) in [6.45, 7) is 3.85. The molecule has 1 aliphatic heterocycles. The van der Waals surface area contributed by atoms with Gasteiger partial charge >= 0.3 is 0 Å². The van der Waals surface area contributed by atoms with Gasteiger partial charge in [-0.3, -0.25) is 0 Å². The Morgan fingerprint density at radius 2 is 2.33 bits per heavy atom. The van der Waals surface area contributed by atoms with Crippen LogP contribution in [0.3, 0.4) is 0 Å². The Morgan fingerprint density at radius 1 is 1.53 bits per heavy atom. The second kappa shape index (κ2) is 3.75. The standard InChI is InChI=1S/C10H12N2O2S/c1-7(2)14-8-5-10(13,12-6-8)9-11-3-4-15-9/h3-7,13H,1-2H3. The zero-order chi connectivity index (χ0) is 10.9. The van der Waals surface area contributed by atoms with E-state index >= 15 is 0 Å². The third-order valence-electron chi connectivity index (χ3n) is 1.85. The topological polar surface area (TPSA) is 54.7 Å². The summed E-state index contributed by atoms with van der Waals surface area (Å²) in [6.07, 6.45) is 4.82. The fourth-order valence-corrected chi connectivity index (χ4v) is 1.95. The summed E-state index contributed by atoms with van der Waals surface area (Å²) in [4.78, 5) is 8.04. The van der Waals surface area contributed by atoms with Crippen molar-refractivity contribution in [1.29, 1.82) is 0 Å². The predicted molar refractivity (Wildman–Crippen MR) is 58.8 cm³/mol. The summed E-state index contributed by atoms with van der Waals surface area (Å²) in [5.41, 5.74) is -1.33. The number of hydrogen-bond donors (Lipinski definition) is 1. The van der Waals surface area contributed by atoms with E-state index in [0.717, 1.165) is 0 Å². The number of nitrogens with zero attached hydrogens (tertiary/aromatic N) is 2. The van der Waals surface area contributed by atoms with E-state index in [-0.39, 0.29) is 6.10 Å². The molecular formula is C10H12N2O2S. The summed E-state index contributed by atoms with van der Waals surface area (Å²) in [5, 5.41) is 12.5. The molecule has 1 atom stereocenters. The van der Waals surface area contributed by atoms with Gasteiger partial charge in [0.25, 0.3) is 0 Å². The molecule has 0 saturated carbocycles. The monoisotopic (exact) mass is 224 g/mol. The van der Waals surface area contributed by atoms with Gasteiger partial charge in [-0.2, -0.15) is 0 Å².